The molecule has 2 rings (SSSR count). The Morgan fingerprint density at radius 1 is 1.50 bits per heavy atom. The van der Waals surface area contributed by atoms with Gasteiger partial charge >= 0.3 is 0 Å². The zero-order chi connectivity index (χ0) is 14.6. The molecule has 112 valence electrons. The van der Waals surface area contributed by atoms with Crippen molar-refractivity contribution in [3.8, 4) is 0 Å². The van der Waals surface area contributed by atoms with E-state index >= 15 is 0 Å². The first-order valence-electron chi connectivity index (χ1n) is 6.78. The highest BCUT2D eigenvalue weighted by Crippen LogP contribution is 2.37. The summed E-state index contributed by atoms with van der Waals surface area (Å²) in [4.78, 5) is 4.14. The summed E-state index contributed by atoms with van der Waals surface area (Å²) in [6, 6.07) is 1.68. The van der Waals surface area contributed by atoms with Gasteiger partial charge in [-0.25, -0.2) is 13.1 Å². The number of aromatic nitrogens is 1. The fourth-order valence-corrected chi connectivity index (χ4v) is 4.86. The van der Waals surface area contributed by atoms with E-state index in [0.29, 0.717) is 18.8 Å². The number of rotatable bonds is 6. The SMILES string of the molecule is CCNc1ccncc1S(=O)(=O)NCC1(C)CCCS1. The summed E-state index contributed by atoms with van der Waals surface area (Å²) in [6.07, 6.45) is 5.18. The summed E-state index contributed by atoms with van der Waals surface area (Å²) in [5.41, 5.74) is 0.597. The van der Waals surface area contributed by atoms with Gasteiger partial charge in [-0.1, -0.05) is 0 Å². The van der Waals surface area contributed by atoms with Gasteiger partial charge < -0.3 is 5.32 Å². The van der Waals surface area contributed by atoms with Gasteiger partial charge in [0.25, 0.3) is 0 Å². The summed E-state index contributed by atoms with van der Waals surface area (Å²) in [5.74, 6) is 1.10. The summed E-state index contributed by atoms with van der Waals surface area (Å²) in [6.45, 7) is 5.17. The van der Waals surface area contributed by atoms with E-state index in [1.807, 2.05) is 18.7 Å². The maximum atomic E-state index is 12.4. The molecule has 1 aliphatic heterocycles. The maximum Gasteiger partial charge on any atom is 0.244 e. The first-order valence-corrected chi connectivity index (χ1v) is 9.25. The molecule has 0 aliphatic carbocycles. The molecule has 7 heteroatoms. The van der Waals surface area contributed by atoms with Crippen LogP contribution < -0.4 is 10.0 Å². The van der Waals surface area contributed by atoms with Crippen LogP contribution in [0.15, 0.2) is 23.4 Å². The van der Waals surface area contributed by atoms with Crippen molar-refractivity contribution in [1.29, 1.82) is 0 Å². The quantitative estimate of drug-likeness (QED) is 0.841. The Kier molecular flexibility index (Phi) is 4.93. The smallest absolute Gasteiger partial charge is 0.244 e. The van der Waals surface area contributed by atoms with Crippen molar-refractivity contribution in [1.82, 2.24) is 9.71 Å². The predicted molar refractivity (Wildman–Crippen MR) is 83.7 cm³/mol. The van der Waals surface area contributed by atoms with Crippen molar-refractivity contribution >= 4 is 27.5 Å². The van der Waals surface area contributed by atoms with Crippen LogP contribution in [0, 0.1) is 0 Å². The van der Waals surface area contributed by atoms with Crippen molar-refractivity contribution in [3.05, 3.63) is 18.5 Å². The summed E-state index contributed by atoms with van der Waals surface area (Å²) >= 11 is 1.84. The molecule has 2 N–H and O–H groups in total. The monoisotopic (exact) mass is 315 g/mol. The van der Waals surface area contributed by atoms with Gasteiger partial charge in [0.05, 0.1) is 5.69 Å². The van der Waals surface area contributed by atoms with E-state index in [1.165, 1.54) is 6.20 Å². The van der Waals surface area contributed by atoms with E-state index in [9.17, 15) is 8.42 Å². The van der Waals surface area contributed by atoms with Gasteiger partial charge in [0.2, 0.25) is 10.0 Å². The average Bonchev–Trinajstić information content (AvgIpc) is 2.85. The molecule has 1 aliphatic rings. The highest BCUT2D eigenvalue weighted by atomic mass is 32.2. The van der Waals surface area contributed by atoms with Crippen LogP contribution in [0.5, 0.6) is 0 Å². The third kappa shape index (κ3) is 3.65. The van der Waals surface area contributed by atoms with Crippen molar-refractivity contribution in [2.75, 3.05) is 24.2 Å². The van der Waals surface area contributed by atoms with Crippen molar-refractivity contribution in [3.63, 3.8) is 0 Å². The van der Waals surface area contributed by atoms with Gasteiger partial charge in [-0.05, 0) is 38.5 Å². The van der Waals surface area contributed by atoms with E-state index in [0.717, 1.165) is 18.6 Å². The number of hydrogen-bond donors (Lipinski definition) is 2. The van der Waals surface area contributed by atoms with Crippen molar-refractivity contribution in [2.45, 2.75) is 36.3 Å². The van der Waals surface area contributed by atoms with E-state index in [2.05, 4.69) is 21.9 Å². The lowest BCUT2D eigenvalue weighted by atomic mass is 10.1. The van der Waals surface area contributed by atoms with Crippen LogP contribution in [0.25, 0.3) is 0 Å². The third-order valence-electron chi connectivity index (χ3n) is 3.38. The molecule has 1 fully saturated rings. The van der Waals surface area contributed by atoms with Crippen molar-refractivity contribution in [2.24, 2.45) is 0 Å². The van der Waals surface area contributed by atoms with Crippen LogP contribution in [0.1, 0.15) is 26.7 Å². The van der Waals surface area contributed by atoms with Crippen LogP contribution in [0.3, 0.4) is 0 Å². The molecule has 0 spiro atoms. The largest absolute Gasteiger partial charge is 0.384 e. The highest BCUT2D eigenvalue weighted by molar-refractivity contribution is 8.01. The lowest BCUT2D eigenvalue weighted by Gasteiger charge is -2.23. The number of sulfonamides is 1. The minimum Gasteiger partial charge on any atom is -0.384 e. The Morgan fingerprint density at radius 2 is 2.30 bits per heavy atom. The summed E-state index contributed by atoms with van der Waals surface area (Å²) in [7, 11) is -3.53. The zero-order valence-corrected chi connectivity index (χ0v) is 13.5. The van der Waals surface area contributed by atoms with E-state index in [1.54, 1.807) is 12.3 Å². The maximum absolute atomic E-state index is 12.4. The van der Waals surface area contributed by atoms with Crippen LogP contribution in [-0.2, 0) is 10.0 Å². The first kappa shape index (κ1) is 15.6. The number of nitrogens with one attached hydrogen (secondary N) is 2. The first-order chi connectivity index (χ1) is 9.47. The standard InChI is InChI=1S/C13H21N3O2S2/c1-3-15-11-5-7-14-9-12(11)20(17,18)16-10-13(2)6-4-8-19-13/h5,7,9,16H,3-4,6,8,10H2,1-2H3,(H,14,15). The second kappa shape index (κ2) is 6.32. The Balaban J connectivity index is 2.14. The Labute approximate surface area is 125 Å². The van der Waals surface area contributed by atoms with Gasteiger partial charge in [0, 0.05) is 30.2 Å². The molecular weight excluding hydrogens is 294 g/mol. The number of nitrogens with zero attached hydrogens (tertiary/aromatic N) is 1. The van der Waals surface area contributed by atoms with Gasteiger partial charge in [0.15, 0.2) is 0 Å². The fraction of sp³-hybridized carbons (Fsp3) is 0.615. The predicted octanol–water partition coefficient (Wildman–Crippen LogP) is 2.08. The molecule has 1 aromatic heterocycles. The average molecular weight is 315 g/mol. The minimum absolute atomic E-state index is 0.00757. The van der Waals surface area contributed by atoms with E-state index in [4.69, 9.17) is 0 Å². The third-order valence-corrected chi connectivity index (χ3v) is 6.34. The highest BCUT2D eigenvalue weighted by Gasteiger charge is 2.31. The molecule has 1 aromatic rings. The molecular formula is C13H21N3O2S2. The molecule has 1 saturated heterocycles. The molecule has 0 bridgehead atoms. The number of thioether (sulfide) groups is 1. The lowest BCUT2D eigenvalue weighted by molar-refractivity contribution is 0.552. The Hall–Kier alpha value is -0.790. The Bertz CT molecular complexity index is 554. The fourth-order valence-electron chi connectivity index (χ4n) is 2.23. The molecule has 5 nitrogen and oxygen atoms in total. The number of hydrogen-bond acceptors (Lipinski definition) is 5. The molecule has 0 amide bonds. The molecule has 1 unspecified atom stereocenters. The molecule has 0 aromatic carbocycles. The van der Waals surface area contributed by atoms with Crippen molar-refractivity contribution < 1.29 is 8.42 Å². The normalized spacial score (nSPS) is 22.9. The van der Waals surface area contributed by atoms with Crippen LogP contribution in [-0.4, -0.2) is 37.0 Å². The van der Waals surface area contributed by atoms with Gasteiger partial charge in [-0.2, -0.15) is 11.8 Å². The van der Waals surface area contributed by atoms with Crippen LogP contribution >= 0.6 is 11.8 Å². The second-order valence-electron chi connectivity index (χ2n) is 5.13. The zero-order valence-electron chi connectivity index (χ0n) is 11.8. The number of pyridine rings is 1. The van der Waals surface area contributed by atoms with Crippen LogP contribution in [0.4, 0.5) is 5.69 Å². The van der Waals surface area contributed by atoms with Gasteiger partial charge in [-0.15, -0.1) is 0 Å². The Morgan fingerprint density at radius 3 is 2.95 bits per heavy atom. The molecule has 0 radical (unpaired) electrons. The second-order valence-corrected chi connectivity index (χ2v) is 8.55. The molecule has 2 heterocycles. The topological polar surface area (TPSA) is 71.1 Å². The summed E-state index contributed by atoms with van der Waals surface area (Å²) < 4.78 is 27.6. The van der Waals surface area contributed by atoms with E-state index in [-0.39, 0.29) is 9.64 Å². The van der Waals surface area contributed by atoms with Gasteiger partial charge in [-0.3, -0.25) is 4.98 Å². The minimum atomic E-state index is -3.53. The lowest BCUT2D eigenvalue weighted by Crippen LogP contribution is -2.37. The molecule has 1 atom stereocenters. The van der Waals surface area contributed by atoms with E-state index < -0.39 is 10.0 Å². The molecule has 0 saturated carbocycles. The number of anilines is 1. The molecule has 20 heavy (non-hydrogen) atoms. The van der Waals surface area contributed by atoms with Gasteiger partial charge in [0.1, 0.15) is 4.90 Å². The van der Waals surface area contributed by atoms with Crippen LogP contribution in [0.2, 0.25) is 0 Å². The summed E-state index contributed by atoms with van der Waals surface area (Å²) in [5, 5.41) is 3.06.